The van der Waals surface area contributed by atoms with Gasteiger partial charge in [0.2, 0.25) is 15.9 Å². The Kier molecular flexibility index (Phi) is 6.08. The molecule has 4 rings (SSSR count). The Morgan fingerprint density at radius 2 is 1.74 bits per heavy atom. The van der Waals surface area contributed by atoms with Gasteiger partial charge in [-0.2, -0.15) is 4.31 Å². The molecule has 0 saturated carbocycles. The van der Waals surface area contributed by atoms with Gasteiger partial charge in [0.05, 0.1) is 4.90 Å². The van der Waals surface area contributed by atoms with Crippen molar-refractivity contribution in [1.82, 2.24) is 14.2 Å². The molecule has 1 saturated heterocycles. The number of hydrogen-bond acceptors (Lipinski definition) is 6. The molecule has 31 heavy (non-hydrogen) atoms. The van der Waals surface area contributed by atoms with Gasteiger partial charge >= 0.3 is 0 Å². The second kappa shape index (κ2) is 8.78. The summed E-state index contributed by atoms with van der Waals surface area (Å²) in [6.45, 7) is 4.83. The number of pyridine rings is 1. The number of rotatable bonds is 5. The van der Waals surface area contributed by atoms with Crippen LogP contribution in [0.15, 0.2) is 59.6 Å². The average Bonchev–Trinajstić information content (AvgIpc) is 3.13. The molecule has 0 spiro atoms. The zero-order valence-electron chi connectivity index (χ0n) is 17.3. The number of aromatic nitrogens is 1. The van der Waals surface area contributed by atoms with Crippen LogP contribution in [0.4, 0.5) is 0 Å². The lowest BCUT2D eigenvalue weighted by Gasteiger charge is -2.34. The van der Waals surface area contributed by atoms with Gasteiger partial charge in [-0.3, -0.25) is 4.79 Å². The third-order valence-electron chi connectivity index (χ3n) is 5.10. The molecule has 1 fully saturated rings. The van der Waals surface area contributed by atoms with E-state index in [0.29, 0.717) is 29.3 Å². The van der Waals surface area contributed by atoms with E-state index >= 15 is 0 Å². The predicted octanol–water partition coefficient (Wildman–Crippen LogP) is 3.70. The number of ether oxygens (including phenoxy) is 1. The Morgan fingerprint density at radius 1 is 1.03 bits per heavy atom. The summed E-state index contributed by atoms with van der Waals surface area (Å²) in [5.74, 6) is 0.601. The number of piperazine rings is 1. The van der Waals surface area contributed by atoms with Crippen molar-refractivity contribution in [3.63, 3.8) is 0 Å². The fourth-order valence-corrected chi connectivity index (χ4v) is 6.49. The van der Waals surface area contributed by atoms with Crippen molar-refractivity contribution < 1.29 is 17.9 Å². The monoisotopic (exact) mass is 457 g/mol. The fourth-order valence-electron chi connectivity index (χ4n) is 3.54. The number of thiophene rings is 1. The van der Waals surface area contributed by atoms with Gasteiger partial charge in [0.25, 0.3) is 5.91 Å². The number of sulfonamides is 1. The van der Waals surface area contributed by atoms with Gasteiger partial charge in [-0.15, -0.1) is 11.3 Å². The van der Waals surface area contributed by atoms with Crippen LogP contribution >= 0.6 is 11.3 Å². The number of carbonyl (C=O) groups excluding carboxylic acids is 1. The molecular weight excluding hydrogens is 434 g/mol. The molecule has 0 unspecified atom stereocenters. The highest BCUT2D eigenvalue weighted by molar-refractivity contribution is 7.89. The summed E-state index contributed by atoms with van der Waals surface area (Å²) < 4.78 is 33.3. The molecular formula is C22H23N3O4S2. The first-order valence-electron chi connectivity index (χ1n) is 9.90. The minimum absolute atomic E-state index is 0.223. The second-order valence-corrected chi connectivity index (χ2v) is 10.6. The largest absolute Gasteiger partial charge is 0.438 e. The van der Waals surface area contributed by atoms with Gasteiger partial charge in [-0.05, 0) is 44.2 Å². The van der Waals surface area contributed by atoms with Crippen LogP contribution in [-0.4, -0.2) is 54.7 Å². The van der Waals surface area contributed by atoms with Gasteiger partial charge in [0.15, 0.2) is 0 Å². The van der Waals surface area contributed by atoms with Crippen molar-refractivity contribution >= 4 is 27.3 Å². The van der Waals surface area contributed by atoms with Crippen LogP contribution in [0.3, 0.4) is 0 Å². The topological polar surface area (TPSA) is 79.8 Å². The fraction of sp³-hybridized carbons (Fsp3) is 0.273. The Hall–Kier alpha value is -2.75. The molecule has 3 aromatic rings. The van der Waals surface area contributed by atoms with E-state index in [-0.39, 0.29) is 24.9 Å². The van der Waals surface area contributed by atoms with Gasteiger partial charge in [-0.1, -0.05) is 18.2 Å². The minimum atomic E-state index is -3.57. The van der Waals surface area contributed by atoms with Gasteiger partial charge < -0.3 is 9.64 Å². The van der Waals surface area contributed by atoms with Crippen LogP contribution in [0, 0.1) is 13.8 Å². The van der Waals surface area contributed by atoms with Crippen LogP contribution in [0.25, 0.3) is 0 Å². The molecule has 1 amide bonds. The van der Waals surface area contributed by atoms with E-state index in [1.165, 1.54) is 15.6 Å². The van der Waals surface area contributed by atoms with Crippen LogP contribution in [0.2, 0.25) is 0 Å². The molecule has 162 valence electrons. The first kappa shape index (κ1) is 21.5. The van der Waals surface area contributed by atoms with Crippen molar-refractivity contribution in [2.75, 3.05) is 26.2 Å². The summed E-state index contributed by atoms with van der Waals surface area (Å²) in [6, 6.07) is 14.2. The van der Waals surface area contributed by atoms with E-state index in [1.807, 2.05) is 32.0 Å². The summed E-state index contributed by atoms with van der Waals surface area (Å²) in [7, 11) is -3.57. The number of amides is 1. The molecule has 7 nitrogen and oxygen atoms in total. The predicted molar refractivity (Wildman–Crippen MR) is 119 cm³/mol. The molecule has 9 heteroatoms. The maximum Gasteiger partial charge on any atom is 0.259 e. The molecule has 0 radical (unpaired) electrons. The number of nitrogens with zero attached hydrogens (tertiary/aromatic N) is 3. The number of aryl methyl sites for hydroxylation is 2. The molecule has 1 aliphatic heterocycles. The number of benzene rings is 1. The Bertz CT molecular complexity index is 1180. The summed E-state index contributed by atoms with van der Waals surface area (Å²) in [5, 5.41) is 0. The molecule has 0 bridgehead atoms. The second-order valence-electron chi connectivity index (χ2n) is 7.25. The van der Waals surface area contributed by atoms with E-state index in [0.717, 1.165) is 9.75 Å². The van der Waals surface area contributed by atoms with Crippen molar-refractivity contribution in [2.45, 2.75) is 18.7 Å². The molecule has 0 atom stereocenters. The van der Waals surface area contributed by atoms with E-state index in [9.17, 15) is 13.2 Å². The van der Waals surface area contributed by atoms with Crippen molar-refractivity contribution in [3.05, 3.63) is 70.0 Å². The van der Waals surface area contributed by atoms with Crippen LogP contribution in [0.1, 0.15) is 20.1 Å². The normalized spacial score (nSPS) is 15.1. The molecule has 3 heterocycles. The Balaban J connectivity index is 1.47. The van der Waals surface area contributed by atoms with E-state index in [2.05, 4.69) is 4.98 Å². The quantitative estimate of drug-likeness (QED) is 0.584. The maximum atomic E-state index is 13.1. The van der Waals surface area contributed by atoms with Gasteiger partial charge in [0, 0.05) is 42.1 Å². The van der Waals surface area contributed by atoms with Gasteiger partial charge in [0.1, 0.15) is 11.3 Å². The maximum absolute atomic E-state index is 13.1. The molecule has 0 N–H and O–H groups in total. The van der Waals surface area contributed by atoms with Crippen molar-refractivity contribution in [1.29, 1.82) is 0 Å². The lowest BCUT2D eigenvalue weighted by molar-refractivity contribution is 0.0694. The van der Waals surface area contributed by atoms with E-state index in [1.54, 1.807) is 41.4 Å². The summed E-state index contributed by atoms with van der Waals surface area (Å²) in [4.78, 5) is 21.1. The van der Waals surface area contributed by atoms with Gasteiger partial charge in [-0.25, -0.2) is 13.4 Å². The number of carbonyl (C=O) groups is 1. The third-order valence-corrected chi connectivity index (χ3v) is 8.22. The van der Waals surface area contributed by atoms with E-state index in [4.69, 9.17) is 4.74 Å². The lowest BCUT2D eigenvalue weighted by atomic mass is 10.2. The third kappa shape index (κ3) is 4.48. The number of para-hydroxylation sites is 1. The number of hydrogen-bond donors (Lipinski definition) is 0. The first-order chi connectivity index (χ1) is 14.9. The SMILES string of the molecule is Cc1cc(S(=O)(=O)N2CCN(C(=O)c3cccnc3Oc3ccccc3)CC2)c(C)s1. The highest BCUT2D eigenvalue weighted by Crippen LogP contribution is 2.29. The highest BCUT2D eigenvalue weighted by atomic mass is 32.2. The minimum Gasteiger partial charge on any atom is -0.438 e. The Morgan fingerprint density at radius 3 is 2.39 bits per heavy atom. The highest BCUT2D eigenvalue weighted by Gasteiger charge is 2.32. The van der Waals surface area contributed by atoms with Crippen LogP contribution in [-0.2, 0) is 10.0 Å². The lowest BCUT2D eigenvalue weighted by Crippen LogP contribution is -2.50. The molecule has 2 aromatic heterocycles. The average molecular weight is 458 g/mol. The Labute approximate surface area is 186 Å². The summed E-state index contributed by atoms with van der Waals surface area (Å²) >= 11 is 1.47. The first-order valence-corrected chi connectivity index (χ1v) is 12.2. The molecule has 1 aliphatic rings. The molecule has 1 aromatic carbocycles. The molecule has 0 aliphatic carbocycles. The smallest absolute Gasteiger partial charge is 0.259 e. The van der Waals surface area contributed by atoms with E-state index < -0.39 is 10.0 Å². The zero-order chi connectivity index (χ0) is 22.0. The van der Waals surface area contributed by atoms with Crippen molar-refractivity contribution in [3.8, 4) is 11.6 Å². The van der Waals surface area contributed by atoms with Crippen molar-refractivity contribution in [2.24, 2.45) is 0 Å². The summed E-state index contributed by atoms with van der Waals surface area (Å²) in [5.41, 5.74) is 0.354. The zero-order valence-corrected chi connectivity index (χ0v) is 18.9. The van der Waals surface area contributed by atoms with Crippen LogP contribution in [0.5, 0.6) is 11.6 Å². The summed E-state index contributed by atoms with van der Waals surface area (Å²) in [6.07, 6.45) is 1.57. The standard InChI is InChI=1S/C22H23N3O4S2/c1-16-15-20(17(2)30-16)31(27,28)25-13-11-24(12-14-25)22(26)19-9-6-10-23-21(19)29-18-7-4-3-5-8-18/h3-10,15H,11-14H2,1-2H3. The van der Waals surface area contributed by atoms with Crippen LogP contribution < -0.4 is 4.74 Å².